The number of anilines is 1. The highest BCUT2D eigenvalue weighted by atomic mass is 16.5. The van der Waals surface area contributed by atoms with Gasteiger partial charge in [0.1, 0.15) is 22.7 Å². The predicted octanol–water partition coefficient (Wildman–Crippen LogP) is 8.67. The lowest BCUT2D eigenvalue weighted by atomic mass is 9.85. The van der Waals surface area contributed by atoms with E-state index in [-0.39, 0.29) is 64.2 Å². The Balaban J connectivity index is 1.16. The Morgan fingerprint density at radius 1 is 0.967 bits per heavy atom. The van der Waals surface area contributed by atoms with E-state index in [0.29, 0.717) is 24.1 Å². The van der Waals surface area contributed by atoms with E-state index in [0.717, 1.165) is 54.0 Å². The molecule has 2 fully saturated rings. The first-order valence-corrected chi connectivity index (χ1v) is 21.2. The van der Waals surface area contributed by atoms with Crippen LogP contribution >= 0.6 is 0 Å². The highest BCUT2D eigenvalue weighted by molar-refractivity contribution is 5.94. The third-order valence-corrected chi connectivity index (χ3v) is 12.5. The first-order chi connectivity index (χ1) is 29.7. The largest absolute Gasteiger partial charge is 0.508 e. The van der Waals surface area contributed by atoms with E-state index in [9.17, 15) is 20.1 Å². The van der Waals surface area contributed by atoms with Crippen LogP contribution in [0, 0.1) is 11.8 Å². The third kappa shape index (κ3) is 8.11. The van der Waals surface area contributed by atoms with Crippen molar-refractivity contribution in [2.45, 2.75) is 68.9 Å². The molecule has 6 aromatic rings. The van der Waals surface area contributed by atoms with Gasteiger partial charge in [-0.05, 0) is 66.3 Å². The summed E-state index contributed by atoms with van der Waals surface area (Å²) in [5.74, 6) is 7.60. The SMILES string of the molecule is COc1c(O)c(C2C#CC3CN(CCN3)c3[nH]c(C4(C)CCCC4)cc3-c3cccc(c3)C2)c2oc(-c3ccc(O)cc3)cc(=O)c2c1OCCC(O)C=Cc1ccccc1. The highest BCUT2D eigenvalue weighted by Crippen LogP contribution is 2.50. The van der Waals surface area contributed by atoms with Crippen LogP contribution in [0.4, 0.5) is 5.82 Å². The standard InChI is InChI=1S/C51H51N3O7/c1-51(22-6-7-23-51)43-29-40-35-12-8-11-33(27-35)28-36(14-17-37-31-54(25-24-52-37)50(40)53-43)44-46(58)49(59-2)48(60-26-21-39(56)18-13-32-9-4-3-5-10-32)45-41(57)30-42(61-47(44)45)34-15-19-38(55)20-16-34/h3-5,8-13,15-16,18-20,27,29-30,36-37,39,52-53,55-56,58H,6-7,21-26,28,31H2,1-2H3. The minimum atomic E-state index is -0.839. The van der Waals surface area contributed by atoms with Gasteiger partial charge < -0.3 is 44.4 Å². The van der Waals surface area contributed by atoms with Gasteiger partial charge in [0, 0.05) is 54.4 Å². The number of H-pyrrole nitrogens is 1. The maximum Gasteiger partial charge on any atom is 0.204 e. The fourth-order valence-electron chi connectivity index (χ4n) is 9.17. The Kier molecular flexibility index (Phi) is 11.1. The van der Waals surface area contributed by atoms with Gasteiger partial charge in [0.05, 0.1) is 37.3 Å². The van der Waals surface area contributed by atoms with Crippen LogP contribution < -0.4 is 25.1 Å². The number of phenols is 2. The first-order valence-electron chi connectivity index (χ1n) is 21.2. The molecule has 4 heterocycles. The van der Waals surface area contributed by atoms with Crippen LogP contribution in [0.25, 0.3) is 39.5 Å². The lowest BCUT2D eigenvalue weighted by Gasteiger charge is -2.33. The zero-order valence-electron chi connectivity index (χ0n) is 34.5. The minimum Gasteiger partial charge on any atom is -0.508 e. The maximum atomic E-state index is 14.4. The number of hydrogen-bond acceptors (Lipinski definition) is 9. The zero-order chi connectivity index (χ0) is 42.1. The van der Waals surface area contributed by atoms with E-state index >= 15 is 0 Å². The van der Waals surface area contributed by atoms with E-state index in [2.05, 4.69) is 64.3 Å². The molecule has 5 N–H and O–H groups in total. The Morgan fingerprint density at radius 2 is 1.77 bits per heavy atom. The fraction of sp³-hybridized carbons (Fsp3) is 0.314. The molecule has 3 aliphatic rings. The topological polar surface area (TPSA) is 140 Å². The molecule has 3 atom stereocenters. The van der Waals surface area contributed by atoms with Crippen molar-refractivity contribution in [1.29, 1.82) is 0 Å². The number of aliphatic hydroxyl groups excluding tert-OH is 1. The van der Waals surface area contributed by atoms with Crippen LogP contribution in [0.3, 0.4) is 0 Å². The molecule has 1 saturated heterocycles. The van der Waals surface area contributed by atoms with Gasteiger partial charge in [-0.25, -0.2) is 0 Å². The quantitative estimate of drug-likeness (QED) is 0.0860. The minimum absolute atomic E-state index is 0.00554. The molecule has 3 unspecified atom stereocenters. The van der Waals surface area contributed by atoms with Crippen molar-refractivity contribution >= 4 is 22.9 Å². The molecule has 2 aromatic heterocycles. The zero-order valence-corrected chi connectivity index (χ0v) is 34.5. The monoisotopic (exact) mass is 817 g/mol. The summed E-state index contributed by atoms with van der Waals surface area (Å²) in [6.45, 7) is 4.59. The van der Waals surface area contributed by atoms with Crippen molar-refractivity contribution in [3.63, 3.8) is 0 Å². The molecule has 1 saturated carbocycles. The van der Waals surface area contributed by atoms with E-state index in [1.165, 1.54) is 43.8 Å². The predicted molar refractivity (Wildman–Crippen MR) is 240 cm³/mol. The van der Waals surface area contributed by atoms with Gasteiger partial charge in [-0.1, -0.05) is 98.4 Å². The number of piperazine rings is 1. The number of aromatic hydroxyl groups is 2. The van der Waals surface area contributed by atoms with Crippen molar-refractivity contribution in [3.8, 4) is 57.3 Å². The smallest absolute Gasteiger partial charge is 0.204 e. The van der Waals surface area contributed by atoms with E-state index in [1.807, 2.05) is 36.4 Å². The van der Waals surface area contributed by atoms with Crippen LogP contribution in [0.15, 0.2) is 106 Å². The lowest BCUT2D eigenvalue weighted by Crippen LogP contribution is -2.50. The number of nitrogens with one attached hydrogen (secondary N) is 2. The highest BCUT2D eigenvalue weighted by Gasteiger charge is 2.35. The average Bonchev–Trinajstić information content (AvgIpc) is 3.93. The number of aliphatic hydroxyl groups is 1. The normalized spacial score (nSPS) is 18.8. The van der Waals surface area contributed by atoms with Crippen molar-refractivity contribution in [1.82, 2.24) is 10.3 Å². The number of rotatable bonds is 10. The second-order valence-electron chi connectivity index (χ2n) is 16.7. The van der Waals surface area contributed by atoms with Gasteiger partial charge in [-0.2, -0.15) is 0 Å². The molecule has 0 radical (unpaired) electrons. The molecule has 10 heteroatoms. The van der Waals surface area contributed by atoms with Crippen LogP contribution in [-0.2, 0) is 11.8 Å². The number of fused-ring (bicyclic) bond motifs is 8. The van der Waals surface area contributed by atoms with Crippen molar-refractivity contribution in [3.05, 3.63) is 130 Å². The molecule has 10 nitrogen and oxygen atoms in total. The van der Waals surface area contributed by atoms with E-state index < -0.39 is 17.5 Å². The summed E-state index contributed by atoms with van der Waals surface area (Å²) < 4.78 is 18.8. The Hall–Kier alpha value is -6.41. The van der Waals surface area contributed by atoms with Crippen LogP contribution in [0.2, 0.25) is 0 Å². The summed E-state index contributed by atoms with van der Waals surface area (Å²) in [5, 5.41) is 36.9. The molecule has 0 amide bonds. The van der Waals surface area contributed by atoms with Gasteiger partial charge in [-0.15, -0.1) is 0 Å². The number of benzene rings is 4. The second-order valence-corrected chi connectivity index (χ2v) is 16.7. The lowest BCUT2D eigenvalue weighted by molar-refractivity contribution is 0.177. The molecule has 1 aliphatic carbocycles. The molecule has 4 bridgehead atoms. The van der Waals surface area contributed by atoms with Crippen LogP contribution in [-0.4, -0.2) is 65.8 Å². The summed E-state index contributed by atoms with van der Waals surface area (Å²) in [5.41, 5.74) is 6.16. The molecule has 312 valence electrons. The van der Waals surface area contributed by atoms with Crippen molar-refractivity contribution in [2.24, 2.45) is 0 Å². The molecule has 2 aliphatic heterocycles. The number of phenolic OH excluding ortho intramolecular Hbond substituents is 2. The summed E-state index contributed by atoms with van der Waals surface area (Å²) in [7, 11) is 1.42. The molecule has 61 heavy (non-hydrogen) atoms. The average molecular weight is 818 g/mol. The fourth-order valence-corrected chi connectivity index (χ4v) is 9.17. The second kappa shape index (κ2) is 16.9. The third-order valence-electron chi connectivity index (χ3n) is 12.5. The Labute approximate surface area is 355 Å². The van der Waals surface area contributed by atoms with E-state index in [1.54, 1.807) is 18.2 Å². The van der Waals surface area contributed by atoms with Crippen LogP contribution in [0.5, 0.6) is 23.0 Å². The molecule has 9 rings (SSSR count). The van der Waals surface area contributed by atoms with Gasteiger partial charge in [-0.3, -0.25) is 4.79 Å². The number of ether oxygens (including phenoxy) is 2. The number of methoxy groups -OCH3 is 1. The molecule has 4 aromatic carbocycles. The van der Waals surface area contributed by atoms with Gasteiger partial charge in [0.2, 0.25) is 5.75 Å². The molecule has 0 spiro atoms. The molecular formula is C51H51N3O7. The van der Waals surface area contributed by atoms with Crippen molar-refractivity contribution < 1.29 is 29.2 Å². The summed E-state index contributed by atoms with van der Waals surface area (Å²) in [6.07, 6.45) is 8.06. The van der Waals surface area contributed by atoms with Crippen molar-refractivity contribution in [2.75, 3.05) is 38.3 Å². The summed E-state index contributed by atoms with van der Waals surface area (Å²) >= 11 is 0. The molecular weight excluding hydrogens is 767 g/mol. The summed E-state index contributed by atoms with van der Waals surface area (Å²) in [6, 6.07) is 28.1. The van der Waals surface area contributed by atoms with Gasteiger partial charge in [0.25, 0.3) is 0 Å². The van der Waals surface area contributed by atoms with E-state index in [4.69, 9.17) is 13.9 Å². The first kappa shape index (κ1) is 40.0. The Morgan fingerprint density at radius 3 is 2.56 bits per heavy atom. The van der Waals surface area contributed by atoms with Crippen LogP contribution in [0.1, 0.15) is 67.3 Å². The Bertz CT molecular complexity index is 2700. The maximum absolute atomic E-state index is 14.4. The van der Waals surface area contributed by atoms with Gasteiger partial charge in [0.15, 0.2) is 22.5 Å². The number of aromatic amines is 1. The van der Waals surface area contributed by atoms with Gasteiger partial charge >= 0.3 is 0 Å². The number of hydrogen-bond donors (Lipinski definition) is 5. The summed E-state index contributed by atoms with van der Waals surface area (Å²) in [4.78, 5) is 20.7. The number of aromatic nitrogens is 1. The number of nitrogens with zero attached hydrogens (tertiary/aromatic N) is 1.